The first-order valence-corrected chi connectivity index (χ1v) is 8.89. The fourth-order valence-electron chi connectivity index (χ4n) is 2.10. The summed E-state index contributed by atoms with van der Waals surface area (Å²) in [5.74, 6) is -0.583. The van der Waals surface area contributed by atoms with Gasteiger partial charge in [0.15, 0.2) is 5.17 Å². The molecule has 1 saturated heterocycles. The van der Waals surface area contributed by atoms with Crippen LogP contribution in [0.1, 0.15) is 15.9 Å². The SMILES string of the molecule is COC(=O)c1ccc(N=C2NC(=O)/C(=C/c3ccc(Br)cc3)S2)cc1. The minimum atomic E-state index is -0.400. The van der Waals surface area contributed by atoms with E-state index in [0.717, 1.165) is 10.0 Å². The van der Waals surface area contributed by atoms with Gasteiger partial charge in [0.2, 0.25) is 0 Å². The highest BCUT2D eigenvalue weighted by atomic mass is 79.9. The Labute approximate surface area is 157 Å². The van der Waals surface area contributed by atoms with Crippen LogP contribution in [0.5, 0.6) is 0 Å². The highest BCUT2D eigenvalue weighted by Gasteiger charge is 2.23. The molecule has 7 heteroatoms. The van der Waals surface area contributed by atoms with Crippen molar-refractivity contribution in [2.45, 2.75) is 0 Å². The van der Waals surface area contributed by atoms with Gasteiger partial charge in [0.25, 0.3) is 5.91 Å². The lowest BCUT2D eigenvalue weighted by Gasteiger charge is -2.00. The molecule has 0 radical (unpaired) electrons. The van der Waals surface area contributed by atoms with Crippen LogP contribution in [0, 0.1) is 0 Å². The molecule has 0 atom stereocenters. The quantitative estimate of drug-likeness (QED) is 0.603. The van der Waals surface area contributed by atoms with Crippen molar-refractivity contribution in [2.24, 2.45) is 4.99 Å². The van der Waals surface area contributed by atoms with Crippen molar-refractivity contribution in [1.29, 1.82) is 0 Å². The molecule has 2 aromatic rings. The molecule has 1 aliphatic heterocycles. The molecule has 1 N–H and O–H groups in total. The summed E-state index contributed by atoms with van der Waals surface area (Å²) in [7, 11) is 1.33. The lowest BCUT2D eigenvalue weighted by molar-refractivity contribution is -0.115. The number of carbonyl (C=O) groups is 2. The van der Waals surface area contributed by atoms with Crippen LogP contribution in [0.2, 0.25) is 0 Å². The van der Waals surface area contributed by atoms with E-state index in [1.54, 1.807) is 24.3 Å². The molecule has 25 heavy (non-hydrogen) atoms. The predicted octanol–water partition coefficient (Wildman–Crippen LogP) is 4.13. The highest BCUT2D eigenvalue weighted by molar-refractivity contribution is 9.10. The van der Waals surface area contributed by atoms with Gasteiger partial charge in [0.05, 0.1) is 23.3 Å². The molecule has 126 valence electrons. The van der Waals surface area contributed by atoms with Crippen LogP contribution >= 0.6 is 27.7 Å². The average molecular weight is 417 g/mol. The number of hydrogen-bond donors (Lipinski definition) is 1. The Morgan fingerprint density at radius 3 is 2.48 bits per heavy atom. The third-order valence-corrected chi connectivity index (χ3v) is 4.78. The Morgan fingerprint density at radius 2 is 1.84 bits per heavy atom. The number of hydrogen-bond acceptors (Lipinski definition) is 5. The maximum atomic E-state index is 12.1. The number of nitrogens with one attached hydrogen (secondary N) is 1. The maximum absolute atomic E-state index is 12.1. The maximum Gasteiger partial charge on any atom is 0.337 e. The molecule has 1 heterocycles. The topological polar surface area (TPSA) is 67.8 Å². The van der Waals surface area contributed by atoms with Crippen molar-refractivity contribution in [3.05, 3.63) is 69.0 Å². The van der Waals surface area contributed by atoms with E-state index < -0.39 is 5.97 Å². The molecule has 0 aliphatic carbocycles. The van der Waals surface area contributed by atoms with Gasteiger partial charge in [-0.25, -0.2) is 9.79 Å². The van der Waals surface area contributed by atoms with E-state index in [1.807, 2.05) is 30.3 Å². The second-order valence-corrected chi connectivity index (χ2v) is 7.02. The summed E-state index contributed by atoms with van der Waals surface area (Å²) in [6.07, 6.45) is 1.81. The van der Waals surface area contributed by atoms with Crippen molar-refractivity contribution in [1.82, 2.24) is 5.32 Å². The Balaban J connectivity index is 1.76. The molecule has 1 fully saturated rings. The summed E-state index contributed by atoms with van der Waals surface area (Å²) in [6.45, 7) is 0. The molecule has 0 unspecified atom stereocenters. The van der Waals surface area contributed by atoms with Crippen molar-refractivity contribution >= 4 is 56.5 Å². The standard InChI is InChI=1S/C18H13BrN2O3S/c1-24-17(23)12-4-8-14(9-5-12)20-18-21-16(22)15(25-18)10-11-2-6-13(19)7-3-11/h2-10H,1H3,(H,20,21,22)/b15-10-. The van der Waals surface area contributed by atoms with Crippen LogP contribution in [-0.4, -0.2) is 24.2 Å². The first-order valence-electron chi connectivity index (χ1n) is 7.29. The molecule has 0 aromatic heterocycles. The third kappa shape index (κ3) is 4.37. The normalized spacial score (nSPS) is 17.0. The zero-order chi connectivity index (χ0) is 17.8. The Hall–Kier alpha value is -2.38. The summed E-state index contributed by atoms with van der Waals surface area (Å²) >= 11 is 4.66. The number of ether oxygens (including phenoxy) is 1. The van der Waals surface area contributed by atoms with Crippen LogP contribution < -0.4 is 5.32 Å². The van der Waals surface area contributed by atoms with E-state index in [9.17, 15) is 9.59 Å². The molecule has 3 rings (SSSR count). The number of benzene rings is 2. The number of amidine groups is 1. The van der Waals surface area contributed by atoms with Gasteiger partial charge < -0.3 is 10.1 Å². The molecule has 1 aliphatic rings. The number of methoxy groups -OCH3 is 1. The summed E-state index contributed by atoms with van der Waals surface area (Å²) < 4.78 is 5.64. The number of halogens is 1. The molecule has 0 saturated carbocycles. The van der Waals surface area contributed by atoms with Crippen LogP contribution in [0.3, 0.4) is 0 Å². The number of esters is 1. The summed E-state index contributed by atoms with van der Waals surface area (Å²) in [5, 5.41) is 3.24. The number of thioether (sulfide) groups is 1. The highest BCUT2D eigenvalue weighted by Crippen LogP contribution is 2.28. The van der Waals surface area contributed by atoms with Crippen molar-refractivity contribution in [3.8, 4) is 0 Å². The predicted molar refractivity (Wildman–Crippen MR) is 103 cm³/mol. The van der Waals surface area contributed by atoms with Crippen LogP contribution in [0.25, 0.3) is 6.08 Å². The van der Waals surface area contributed by atoms with Gasteiger partial charge in [-0.15, -0.1) is 0 Å². The van der Waals surface area contributed by atoms with Gasteiger partial charge >= 0.3 is 5.97 Å². The molecular weight excluding hydrogens is 404 g/mol. The van der Waals surface area contributed by atoms with E-state index in [0.29, 0.717) is 21.3 Å². The zero-order valence-electron chi connectivity index (χ0n) is 13.2. The minimum absolute atomic E-state index is 0.183. The zero-order valence-corrected chi connectivity index (χ0v) is 15.6. The fraction of sp³-hybridized carbons (Fsp3) is 0.0556. The molecular formula is C18H13BrN2O3S. The largest absolute Gasteiger partial charge is 0.465 e. The van der Waals surface area contributed by atoms with E-state index in [1.165, 1.54) is 18.9 Å². The van der Waals surface area contributed by atoms with E-state index in [-0.39, 0.29) is 5.91 Å². The molecule has 0 spiro atoms. The molecule has 5 nitrogen and oxygen atoms in total. The Kier molecular flexibility index (Phi) is 5.35. The second-order valence-electron chi connectivity index (χ2n) is 5.07. The first kappa shape index (κ1) is 17.4. The summed E-state index contributed by atoms with van der Waals surface area (Å²) in [4.78, 5) is 28.5. The molecule has 1 amide bonds. The van der Waals surface area contributed by atoms with E-state index in [4.69, 9.17) is 0 Å². The number of carbonyl (C=O) groups excluding carboxylic acids is 2. The lowest BCUT2D eigenvalue weighted by atomic mass is 10.2. The van der Waals surface area contributed by atoms with Gasteiger partial charge in [0.1, 0.15) is 0 Å². The first-order chi connectivity index (χ1) is 12.0. The van der Waals surface area contributed by atoms with Gasteiger partial charge in [0, 0.05) is 4.47 Å². The number of nitrogens with zero attached hydrogens (tertiary/aromatic N) is 1. The Bertz CT molecular complexity index is 874. The van der Waals surface area contributed by atoms with Gasteiger partial charge in [-0.05, 0) is 59.8 Å². The van der Waals surface area contributed by atoms with Crippen LogP contribution in [-0.2, 0) is 9.53 Å². The lowest BCUT2D eigenvalue weighted by Crippen LogP contribution is -2.19. The van der Waals surface area contributed by atoms with Gasteiger partial charge in [-0.1, -0.05) is 28.1 Å². The minimum Gasteiger partial charge on any atom is -0.465 e. The Morgan fingerprint density at radius 1 is 1.16 bits per heavy atom. The number of amides is 1. The van der Waals surface area contributed by atoms with E-state index in [2.05, 4.69) is 31.0 Å². The van der Waals surface area contributed by atoms with Gasteiger partial charge in [-0.3, -0.25) is 4.79 Å². The van der Waals surface area contributed by atoms with Crippen molar-refractivity contribution in [3.63, 3.8) is 0 Å². The monoisotopic (exact) mass is 416 g/mol. The molecule has 2 aromatic carbocycles. The van der Waals surface area contributed by atoms with Gasteiger partial charge in [-0.2, -0.15) is 0 Å². The van der Waals surface area contributed by atoms with E-state index >= 15 is 0 Å². The van der Waals surface area contributed by atoms with Crippen molar-refractivity contribution < 1.29 is 14.3 Å². The smallest absolute Gasteiger partial charge is 0.337 e. The summed E-state index contributed by atoms with van der Waals surface area (Å²) in [6, 6.07) is 14.3. The second kappa shape index (κ2) is 7.67. The number of aliphatic imine (C=N–C) groups is 1. The van der Waals surface area contributed by atoms with Crippen molar-refractivity contribution in [2.75, 3.05) is 7.11 Å². The summed E-state index contributed by atoms with van der Waals surface area (Å²) in [5.41, 5.74) is 2.02. The fourth-order valence-corrected chi connectivity index (χ4v) is 3.20. The van der Waals surface area contributed by atoms with Crippen LogP contribution in [0.15, 0.2) is 62.9 Å². The van der Waals surface area contributed by atoms with Crippen LogP contribution in [0.4, 0.5) is 5.69 Å². The average Bonchev–Trinajstić information content (AvgIpc) is 2.96. The molecule has 0 bridgehead atoms. The number of rotatable bonds is 3. The third-order valence-electron chi connectivity index (χ3n) is 3.34.